The third-order valence-electron chi connectivity index (χ3n) is 4.18. The second-order valence-electron chi connectivity index (χ2n) is 6.15. The van der Waals surface area contributed by atoms with Crippen molar-refractivity contribution in [1.82, 2.24) is 0 Å². The minimum absolute atomic E-state index is 0.447. The van der Waals surface area contributed by atoms with Gasteiger partial charge in [-0.2, -0.15) is 0 Å². The van der Waals surface area contributed by atoms with Crippen LogP contribution in [0.1, 0.15) is 92.4 Å². The van der Waals surface area contributed by atoms with E-state index in [1.807, 2.05) is 20.8 Å². The summed E-state index contributed by atoms with van der Waals surface area (Å²) in [5.74, 6) is -1.34. The van der Waals surface area contributed by atoms with Gasteiger partial charge in [0.05, 0.1) is 0 Å². The van der Waals surface area contributed by atoms with E-state index in [0.717, 1.165) is 19.3 Å². The molecule has 0 radical (unpaired) electrons. The summed E-state index contributed by atoms with van der Waals surface area (Å²) in [6, 6.07) is 0. The molecule has 0 aliphatic rings. The van der Waals surface area contributed by atoms with Gasteiger partial charge in [0, 0.05) is 19.8 Å². The van der Waals surface area contributed by atoms with Crippen LogP contribution in [0.5, 0.6) is 0 Å². The lowest BCUT2D eigenvalue weighted by Crippen LogP contribution is -2.59. The van der Waals surface area contributed by atoms with E-state index in [0.29, 0.717) is 32.7 Å². The first-order valence-electron chi connectivity index (χ1n) is 9.69. The van der Waals surface area contributed by atoms with Crippen LogP contribution in [0.25, 0.3) is 0 Å². The molecule has 0 saturated heterocycles. The first kappa shape index (κ1) is 22.8. The molecular weight excluding hydrogens is 292 g/mol. The number of aliphatic hydroxyl groups is 1. The fourth-order valence-corrected chi connectivity index (χ4v) is 3.14. The molecule has 0 aromatic heterocycles. The second-order valence-corrected chi connectivity index (χ2v) is 6.15. The van der Waals surface area contributed by atoms with Gasteiger partial charge in [0.25, 0.3) is 0 Å². The van der Waals surface area contributed by atoms with E-state index in [-0.39, 0.29) is 0 Å². The van der Waals surface area contributed by atoms with E-state index in [4.69, 9.17) is 14.2 Å². The van der Waals surface area contributed by atoms with Crippen molar-refractivity contribution >= 4 is 0 Å². The summed E-state index contributed by atoms with van der Waals surface area (Å²) in [4.78, 5) is 0. The molecule has 0 aromatic carbocycles. The van der Waals surface area contributed by atoms with E-state index in [2.05, 4.69) is 13.8 Å². The summed E-state index contributed by atoms with van der Waals surface area (Å²) in [5.41, 5.74) is -1.10. The molecule has 1 atom stereocenters. The summed E-state index contributed by atoms with van der Waals surface area (Å²) < 4.78 is 17.5. The Labute approximate surface area is 143 Å². The summed E-state index contributed by atoms with van der Waals surface area (Å²) in [5, 5.41) is 11.3. The normalized spacial score (nSPS) is 14.9. The molecule has 0 fully saturated rings. The van der Waals surface area contributed by atoms with Gasteiger partial charge in [-0.15, -0.1) is 0 Å². The van der Waals surface area contributed by atoms with Gasteiger partial charge in [-0.05, 0) is 33.6 Å². The van der Waals surface area contributed by atoms with Crippen molar-refractivity contribution in [2.24, 2.45) is 0 Å². The number of hydrogen-bond acceptors (Lipinski definition) is 4. The summed E-state index contributed by atoms with van der Waals surface area (Å²) in [7, 11) is 0. The first-order valence-corrected chi connectivity index (χ1v) is 9.69. The van der Waals surface area contributed by atoms with Gasteiger partial charge in [0.1, 0.15) is 5.60 Å². The summed E-state index contributed by atoms with van der Waals surface area (Å²) >= 11 is 0. The smallest absolute Gasteiger partial charge is 0.313 e. The van der Waals surface area contributed by atoms with E-state index in [9.17, 15) is 5.11 Å². The maximum Gasteiger partial charge on any atom is 0.313 e. The Kier molecular flexibility index (Phi) is 13.1. The molecule has 4 nitrogen and oxygen atoms in total. The fourth-order valence-electron chi connectivity index (χ4n) is 3.14. The predicted molar refractivity (Wildman–Crippen MR) is 95.5 cm³/mol. The number of rotatable bonds is 16. The van der Waals surface area contributed by atoms with E-state index in [1.54, 1.807) is 0 Å². The van der Waals surface area contributed by atoms with E-state index < -0.39 is 11.6 Å². The van der Waals surface area contributed by atoms with Gasteiger partial charge in [-0.1, -0.05) is 58.8 Å². The van der Waals surface area contributed by atoms with Crippen molar-refractivity contribution < 1.29 is 19.3 Å². The molecule has 4 heteroatoms. The average molecular weight is 333 g/mol. The Bertz CT molecular complexity index is 253. The molecule has 0 heterocycles. The Morgan fingerprint density at radius 1 is 0.609 bits per heavy atom. The van der Waals surface area contributed by atoms with Crippen LogP contribution in [0.2, 0.25) is 0 Å². The van der Waals surface area contributed by atoms with Crippen LogP contribution in [0.4, 0.5) is 0 Å². The van der Waals surface area contributed by atoms with Crippen LogP contribution < -0.4 is 0 Å². The Balaban J connectivity index is 4.92. The van der Waals surface area contributed by atoms with Crippen LogP contribution in [0, 0.1) is 0 Å². The molecule has 0 aliphatic carbocycles. The van der Waals surface area contributed by atoms with Crippen molar-refractivity contribution in [3.8, 4) is 0 Å². The Morgan fingerprint density at radius 2 is 1.09 bits per heavy atom. The number of hydrogen-bond donors (Lipinski definition) is 1. The standard InChI is InChI=1S/C19H40O4/c1-6-11-12-13-14-15-17-18(20,16-7-2)19(21-8-3,22-9-4)23-10-5/h20H,6-17H2,1-5H3. The highest BCUT2D eigenvalue weighted by molar-refractivity contribution is 4.89. The third kappa shape index (κ3) is 7.51. The van der Waals surface area contributed by atoms with Crippen LogP contribution in [-0.4, -0.2) is 36.5 Å². The number of ether oxygens (including phenoxy) is 3. The van der Waals surface area contributed by atoms with Crippen LogP contribution in [-0.2, 0) is 14.2 Å². The van der Waals surface area contributed by atoms with Gasteiger partial charge >= 0.3 is 5.97 Å². The monoisotopic (exact) mass is 332 g/mol. The number of unbranched alkanes of at least 4 members (excludes halogenated alkanes) is 5. The zero-order valence-corrected chi connectivity index (χ0v) is 16.2. The van der Waals surface area contributed by atoms with Gasteiger partial charge in [0.15, 0.2) is 0 Å². The molecule has 1 unspecified atom stereocenters. The maximum atomic E-state index is 11.3. The summed E-state index contributed by atoms with van der Waals surface area (Å²) in [6.07, 6.45) is 9.26. The highest BCUT2D eigenvalue weighted by Crippen LogP contribution is 2.38. The zero-order valence-electron chi connectivity index (χ0n) is 16.2. The maximum absolute atomic E-state index is 11.3. The summed E-state index contributed by atoms with van der Waals surface area (Å²) in [6.45, 7) is 11.4. The van der Waals surface area contributed by atoms with Crippen molar-refractivity contribution in [2.45, 2.75) is 104 Å². The zero-order chi connectivity index (χ0) is 17.6. The molecule has 0 bridgehead atoms. The quantitative estimate of drug-likeness (QED) is 0.318. The highest BCUT2D eigenvalue weighted by atomic mass is 16.9. The lowest BCUT2D eigenvalue weighted by Gasteiger charge is -2.45. The molecule has 0 aliphatic heterocycles. The Morgan fingerprint density at radius 3 is 1.52 bits per heavy atom. The molecule has 0 amide bonds. The van der Waals surface area contributed by atoms with E-state index in [1.165, 1.54) is 25.7 Å². The fraction of sp³-hybridized carbons (Fsp3) is 1.00. The van der Waals surface area contributed by atoms with Gasteiger partial charge in [-0.25, -0.2) is 0 Å². The average Bonchev–Trinajstić information content (AvgIpc) is 2.51. The largest absolute Gasteiger partial charge is 0.381 e. The third-order valence-corrected chi connectivity index (χ3v) is 4.18. The molecule has 140 valence electrons. The SMILES string of the molecule is CCCCCCCCC(O)(CCC)C(OCC)(OCC)OCC. The predicted octanol–water partition coefficient (Wildman–Crippen LogP) is 5.03. The van der Waals surface area contributed by atoms with Gasteiger partial charge in [-0.3, -0.25) is 0 Å². The van der Waals surface area contributed by atoms with Crippen LogP contribution in [0.3, 0.4) is 0 Å². The van der Waals surface area contributed by atoms with E-state index >= 15 is 0 Å². The topological polar surface area (TPSA) is 47.9 Å². The first-order chi connectivity index (χ1) is 11.1. The van der Waals surface area contributed by atoms with Crippen molar-refractivity contribution in [3.63, 3.8) is 0 Å². The molecule has 0 rings (SSSR count). The second kappa shape index (κ2) is 13.2. The lowest BCUT2D eigenvalue weighted by atomic mass is 9.88. The molecule has 23 heavy (non-hydrogen) atoms. The minimum Gasteiger partial charge on any atom is -0.381 e. The van der Waals surface area contributed by atoms with Gasteiger partial charge < -0.3 is 19.3 Å². The van der Waals surface area contributed by atoms with Crippen molar-refractivity contribution in [3.05, 3.63) is 0 Å². The lowest BCUT2D eigenvalue weighted by molar-refractivity contribution is -0.441. The van der Waals surface area contributed by atoms with Crippen LogP contribution >= 0.6 is 0 Å². The van der Waals surface area contributed by atoms with Crippen molar-refractivity contribution in [1.29, 1.82) is 0 Å². The molecule has 0 spiro atoms. The molecular formula is C19H40O4. The highest BCUT2D eigenvalue weighted by Gasteiger charge is 2.53. The molecule has 1 N–H and O–H groups in total. The molecule has 0 aromatic rings. The van der Waals surface area contributed by atoms with Crippen LogP contribution in [0.15, 0.2) is 0 Å². The molecule has 0 saturated carbocycles. The Hall–Kier alpha value is -0.160. The minimum atomic E-state index is -1.34. The van der Waals surface area contributed by atoms with Crippen molar-refractivity contribution in [2.75, 3.05) is 19.8 Å². The van der Waals surface area contributed by atoms with Gasteiger partial charge in [0.2, 0.25) is 0 Å².